The van der Waals surface area contributed by atoms with Gasteiger partial charge in [0.05, 0.1) is 18.0 Å². The van der Waals surface area contributed by atoms with Crippen LogP contribution in [-0.2, 0) is 11.8 Å². The van der Waals surface area contributed by atoms with Gasteiger partial charge in [0.25, 0.3) is 5.91 Å². The van der Waals surface area contributed by atoms with Crippen molar-refractivity contribution in [2.24, 2.45) is 18.9 Å². The zero-order chi connectivity index (χ0) is 24.6. The number of aryl methyl sites for hydroxylation is 1. The van der Waals surface area contributed by atoms with Gasteiger partial charge in [-0.05, 0) is 55.2 Å². The molecule has 1 saturated heterocycles. The summed E-state index contributed by atoms with van der Waals surface area (Å²) >= 11 is 0. The standard InChI is InChI=1S/C30H34N4O2/c1-33-18-9-16-26(33)27-23-17-19-34(28(23)21-12-5-7-14-24(21)31-27)30(36)22-13-6-8-15-25(22)32-29(35)20-10-3-2-4-11-20/h2-5,7,9-12,14,16,18,22-23,25,27-28,31H,6,8,13,15,17,19H2,1H3,(H,32,35)/t22-,23+,25+,27+,28-/m0/s1. The number of hydrogen-bond acceptors (Lipinski definition) is 3. The molecule has 2 aliphatic heterocycles. The van der Waals surface area contributed by atoms with E-state index in [1.807, 2.05) is 30.3 Å². The summed E-state index contributed by atoms with van der Waals surface area (Å²) in [7, 11) is 2.09. The third kappa shape index (κ3) is 3.98. The van der Waals surface area contributed by atoms with E-state index < -0.39 is 0 Å². The molecule has 3 aliphatic rings. The Labute approximate surface area is 212 Å². The molecule has 0 unspecified atom stereocenters. The van der Waals surface area contributed by atoms with Crippen molar-refractivity contribution in [1.82, 2.24) is 14.8 Å². The number of nitrogens with one attached hydrogen (secondary N) is 2. The number of anilines is 1. The quantitative estimate of drug-likeness (QED) is 0.546. The summed E-state index contributed by atoms with van der Waals surface area (Å²) < 4.78 is 2.18. The van der Waals surface area contributed by atoms with Gasteiger partial charge in [0, 0.05) is 48.7 Å². The molecule has 0 bridgehead atoms. The summed E-state index contributed by atoms with van der Waals surface area (Å²) in [5.41, 5.74) is 4.22. The van der Waals surface area contributed by atoms with Gasteiger partial charge in [-0.15, -0.1) is 0 Å². The van der Waals surface area contributed by atoms with Crippen LogP contribution < -0.4 is 10.6 Å². The maximum atomic E-state index is 14.2. The minimum atomic E-state index is -0.180. The molecule has 5 atom stereocenters. The third-order valence-electron chi connectivity index (χ3n) is 8.48. The van der Waals surface area contributed by atoms with Crippen molar-refractivity contribution in [2.45, 2.75) is 50.2 Å². The van der Waals surface area contributed by atoms with Gasteiger partial charge in [0.15, 0.2) is 0 Å². The monoisotopic (exact) mass is 482 g/mol. The van der Waals surface area contributed by atoms with E-state index in [1.165, 1.54) is 11.3 Å². The Morgan fingerprint density at radius 2 is 1.69 bits per heavy atom. The Morgan fingerprint density at radius 3 is 2.50 bits per heavy atom. The molecule has 2 N–H and O–H groups in total. The second kappa shape index (κ2) is 9.49. The smallest absolute Gasteiger partial charge is 0.251 e. The summed E-state index contributed by atoms with van der Waals surface area (Å²) in [4.78, 5) is 29.3. The van der Waals surface area contributed by atoms with E-state index in [0.717, 1.165) is 44.3 Å². The summed E-state index contributed by atoms with van der Waals surface area (Å²) in [5, 5.41) is 7.01. The lowest BCUT2D eigenvalue weighted by Gasteiger charge is -2.42. The van der Waals surface area contributed by atoms with Gasteiger partial charge in [-0.1, -0.05) is 49.2 Å². The van der Waals surface area contributed by atoms with Crippen LogP contribution in [0.15, 0.2) is 72.9 Å². The Morgan fingerprint density at radius 1 is 0.917 bits per heavy atom. The number of fused-ring (bicyclic) bond motifs is 3. The van der Waals surface area contributed by atoms with Gasteiger partial charge < -0.3 is 20.1 Å². The molecule has 0 spiro atoms. The van der Waals surface area contributed by atoms with Crippen LogP contribution in [0.1, 0.15) is 65.8 Å². The van der Waals surface area contributed by atoms with Crippen LogP contribution in [0.4, 0.5) is 5.69 Å². The fourth-order valence-electron chi connectivity index (χ4n) is 6.72. The van der Waals surface area contributed by atoms with Gasteiger partial charge in [-0.3, -0.25) is 9.59 Å². The zero-order valence-electron chi connectivity index (χ0n) is 20.8. The molecular weight excluding hydrogens is 448 g/mol. The van der Waals surface area contributed by atoms with Gasteiger partial charge in [-0.2, -0.15) is 0 Å². The Balaban J connectivity index is 1.28. The normalized spacial score (nSPS) is 27.0. The molecule has 2 amide bonds. The van der Waals surface area contributed by atoms with Crippen molar-refractivity contribution in [3.05, 3.63) is 89.7 Å². The van der Waals surface area contributed by atoms with Crippen LogP contribution in [0.25, 0.3) is 0 Å². The van der Waals surface area contributed by atoms with Crippen molar-refractivity contribution in [2.75, 3.05) is 11.9 Å². The first-order valence-corrected chi connectivity index (χ1v) is 13.2. The van der Waals surface area contributed by atoms with E-state index in [4.69, 9.17) is 0 Å². The molecule has 1 saturated carbocycles. The highest BCUT2D eigenvalue weighted by molar-refractivity contribution is 5.94. The number of likely N-dealkylation sites (tertiary alicyclic amines) is 1. The molecule has 6 rings (SSSR count). The first kappa shape index (κ1) is 22.9. The number of nitrogens with zero attached hydrogens (tertiary/aromatic N) is 2. The van der Waals surface area contributed by atoms with Crippen LogP contribution in [0.2, 0.25) is 0 Å². The highest BCUT2D eigenvalue weighted by Crippen LogP contribution is 2.51. The topological polar surface area (TPSA) is 66.4 Å². The molecule has 6 nitrogen and oxygen atoms in total. The molecule has 3 aromatic rings. The number of aromatic nitrogens is 1. The maximum absolute atomic E-state index is 14.2. The Hall–Kier alpha value is -3.54. The Kier molecular flexibility index (Phi) is 6.04. The number of carbonyl (C=O) groups excluding carboxylic acids is 2. The average Bonchev–Trinajstić information content (AvgIpc) is 3.55. The summed E-state index contributed by atoms with van der Waals surface area (Å²) in [6.45, 7) is 0.751. The number of carbonyl (C=O) groups is 2. The van der Waals surface area contributed by atoms with Crippen LogP contribution >= 0.6 is 0 Å². The van der Waals surface area contributed by atoms with E-state index >= 15 is 0 Å². The number of amides is 2. The van der Waals surface area contributed by atoms with Gasteiger partial charge in [0.1, 0.15) is 0 Å². The van der Waals surface area contributed by atoms with Crippen LogP contribution in [0.5, 0.6) is 0 Å². The minimum Gasteiger partial charge on any atom is -0.376 e. The molecule has 0 radical (unpaired) electrons. The molecule has 2 fully saturated rings. The Bertz CT molecular complexity index is 1250. The van der Waals surface area contributed by atoms with Crippen molar-refractivity contribution in [1.29, 1.82) is 0 Å². The van der Waals surface area contributed by atoms with Crippen molar-refractivity contribution in [3.8, 4) is 0 Å². The zero-order valence-corrected chi connectivity index (χ0v) is 20.8. The fraction of sp³-hybridized carbons (Fsp3) is 0.400. The largest absolute Gasteiger partial charge is 0.376 e. The molecule has 36 heavy (non-hydrogen) atoms. The van der Waals surface area contributed by atoms with E-state index in [-0.39, 0.29) is 35.9 Å². The van der Waals surface area contributed by atoms with Gasteiger partial charge in [-0.25, -0.2) is 0 Å². The SMILES string of the molecule is Cn1cccc1[C@@H]1Nc2ccccc2[C@H]2[C@@H]1CCN2C(=O)[C@H]1CCCC[C@H]1NC(=O)c1ccccc1. The van der Waals surface area contributed by atoms with Crippen molar-refractivity contribution in [3.63, 3.8) is 0 Å². The molecule has 6 heteroatoms. The number of para-hydroxylation sites is 1. The second-order valence-corrected chi connectivity index (χ2v) is 10.5. The molecule has 1 aromatic heterocycles. The van der Waals surface area contributed by atoms with Crippen LogP contribution in [-0.4, -0.2) is 33.9 Å². The van der Waals surface area contributed by atoms with E-state index in [9.17, 15) is 9.59 Å². The van der Waals surface area contributed by atoms with E-state index in [0.29, 0.717) is 11.5 Å². The molecule has 3 heterocycles. The highest BCUT2D eigenvalue weighted by Gasteiger charge is 2.48. The summed E-state index contributed by atoms with van der Waals surface area (Å²) in [6, 6.07) is 22.1. The van der Waals surface area contributed by atoms with Gasteiger partial charge in [0.2, 0.25) is 5.91 Å². The minimum absolute atomic E-state index is 0.0438. The predicted octanol–water partition coefficient (Wildman–Crippen LogP) is 5.07. The molecule has 186 valence electrons. The van der Waals surface area contributed by atoms with Crippen molar-refractivity contribution < 1.29 is 9.59 Å². The highest BCUT2D eigenvalue weighted by atomic mass is 16.2. The third-order valence-corrected chi connectivity index (χ3v) is 8.48. The lowest BCUT2D eigenvalue weighted by Crippen LogP contribution is -2.50. The van der Waals surface area contributed by atoms with E-state index in [1.54, 1.807) is 0 Å². The summed E-state index contributed by atoms with van der Waals surface area (Å²) in [5.74, 6) is 0.234. The second-order valence-electron chi connectivity index (χ2n) is 10.5. The van der Waals surface area contributed by atoms with Crippen LogP contribution in [0, 0.1) is 11.8 Å². The summed E-state index contributed by atoms with van der Waals surface area (Å²) in [6.07, 6.45) is 6.79. The lowest BCUT2D eigenvalue weighted by molar-refractivity contribution is -0.138. The molecule has 1 aliphatic carbocycles. The average molecular weight is 483 g/mol. The van der Waals surface area contributed by atoms with Crippen LogP contribution in [0.3, 0.4) is 0 Å². The number of hydrogen-bond donors (Lipinski definition) is 2. The molecule has 2 aromatic carbocycles. The van der Waals surface area contributed by atoms with Crippen molar-refractivity contribution >= 4 is 17.5 Å². The first-order valence-electron chi connectivity index (χ1n) is 13.2. The first-order chi connectivity index (χ1) is 17.6. The van der Waals surface area contributed by atoms with E-state index in [2.05, 4.69) is 69.7 Å². The fourth-order valence-corrected chi connectivity index (χ4v) is 6.72. The number of benzene rings is 2. The lowest BCUT2D eigenvalue weighted by atomic mass is 9.80. The predicted molar refractivity (Wildman–Crippen MR) is 140 cm³/mol. The maximum Gasteiger partial charge on any atom is 0.251 e. The number of rotatable bonds is 4. The van der Waals surface area contributed by atoms with Gasteiger partial charge >= 0.3 is 0 Å². The molecular formula is C30H34N4O2.